The molecule has 3 rings (SSSR count). The van der Waals surface area contributed by atoms with Gasteiger partial charge in [-0.25, -0.2) is 0 Å². The van der Waals surface area contributed by atoms with Gasteiger partial charge in [-0.1, -0.05) is 114 Å². The van der Waals surface area contributed by atoms with Crippen LogP contribution in [-0.2, 0) is 17.0 Å². The minimum atomic E-state index is 0.00463. The Morgan fingerprint density at radius 3 is 2.03 bits per heavy atom. The Labute approximate surface area is 230 Å². The van der Waals surface area contributed by atoms with Crippen molar-refractivity contribution in [1.29, 1.82) is 0 Å². The van der Waals surface area contributed by atoms with Gasteiger partial charge < -0.3 is 5.32 Å². The maximum atomic E-state index is 9.70. The second-order valence-corrected chi connectivity index (χ2v) is 9.03. The molecular formula is C29H49ClN4OS. The number of aryl methyl sites for hydroxylation is 3. The summed E-state index contributed by atoms with van der Waals surface area (Å²) in [6.45, 7) is 20.1. The van der Waals surface area contributed by atoms with Gasteiger partial charge in [-0.3, -0.25) is 9.36 Å². The molecule has 0 spiro atoms. The molecule has 0 bridgehead atoms. The molecule has 2 aromatic rings. The molecule has 0 atom stereocenters. The smallest absolute Gasteiger partial charge is 0.216 e. The Hall–Kier alpha value is -2.05. The van der Waals surface area contributed by atoms with Crippen LogP contribution < -0.4 is 5.32 Å². The maximum absolute atomic E-state index is 9.70. The number of allylic oxidation sites excluding steroid dienone is 4. The predicted octanol–water partition coefficient (Wildman–Crippen LogP) is 8.73. The molecule has 0 radical (unpaired) electrons. The summed E-state index contributed by atoms with van der Waals surface area (Å²) in [4.78, 5) is 9.70. The summed E-state index contributed by atoms with van der Waals surface area (Å²) in [5.41, 5.74) is 5.11. The van der Waals surface area contributed by atoms with E-state index in [-0.39, 0.29) is 5.91 Å². The van der Waals surface area contributed by atoms with E-state index in [0.717, 1.165) is 41.0 Å². The summed E-state index contributed by atoms with van der Waals surface area (Å²) >= 11 is 7.94. The van der Waals surface area contributed by atoms with Crippen LogP contribution in [0.2, 0.25) is 0 Å². The average molecular weight is 537 g/mol. The van der Waals surface area contributed by atoms with Crippen LogP contribution in [0.5, 0.6) is 0 Å². The molecule has 0 saturated carbocycles. The van der Waals surface area contributed by atoms with Gasteiger partial charge in [-0.15, -0.1) is 10.2 Å². The average Bonchev–Trinajstić information content (AvgIpc) is 3.28. The number of halogens is 1. The predicted molar refractivity (Wildman–Crippen MR) is 161 cm³/mol. The highest BCUT2D eigenvalue weighted by Gasteiger charge is 2.17. The molecule has 204 valence electrons. The van der Waals surface area contributed by atoms with Crippen molar-refractivity contribution < 1.29 is 4.79 Å². The lowest BCUT2D eigenvalue weighted by Crippen LogP contribution is -2.11. The van der Waals surface area contributed by atoms with Gasteiger partial charge >= 0.3 is 0 Å². The number of hydrogen-bond donors (Lipinski definition) is 1. The molecule has 5 nitrogen and oxygen atoms in total. The molecule has 0 fully saturated rings. The van der Waals surface area contributed by atoms with Crippen molar-refractivity contribution >= 4 is 35.0 Å². The van der Waals surface area contributed by atoms with Gasteiger partial charge in [0.1, 0.15) is 5.82 Å². The van der Waals surface area contributed by atoms with E-state index in [4.69, 9.17) is 11.6 Å². The fraction of sp³-hybridized carbons (Fsp3) is 0.552. The van der Waals surface area contributed by atoms with Crippen LogP contribution in [-0.4, -0.2) is 27.7 Å². The number of aromatic nitrogens is 3. The highest BCUT2D eigenvalue weighted by atomic mass is 35.5. The number of hydrogen-bond acceptors (Lipinski definition) is 4. The van der Waals surface area contributed by atoms with E-state index >= 15 is 0 Å². The van der Waals surface area contributed by atoms with Gasteiger partial charge in [-0.2, -0.15) is 0 Å². The van der Waals surface area contributed by atoms with Gasteiger partial charge in [-0.05, 0) is 38.3 Å². The summed E-state index contributed by atoms with van der Waals surface area (Å²) in [7, 11) is 1.60. The number of carbonyl (C=O) groups excluding carboxylic acids is 1. The van der Waals surface area contributed by atoms with Crippen molar-refractivity contribution in [2.24, 2.45) is 0 Å². The summed E-state index contributed by atoms with van der Waals surface area (Å²) in [6.07, 6.45) is 8.14. The molecule has 36 heavy (non-hydrogen) atoms. The lowest BCUT2D eigenvalue weighted by Gasteiger charge is -2.16. The lowest BCUT2D eigenvalue weighted by molar-refractivity contribution is -0.118. The van der Waals surface area contributed by atoms with Crippen LogP contribution in [0.1, 0.15) is 97.2 Å². The van der Waals surface area contributed by atoms with Gasteiger partial charge in [0.2, 0.25) is 5.91 Å². The fourth-order valence-corrected chi connectivity index (χ4v) is 4.18. The molecule has 0 unspecified atom stereocenters. The Bertz CT molecular complexity index is 915. The van der Waals surface area contributed by atoms with E-state index in [1.165, 1.54) is 35.7 Å². The second kappa shape index (κ2) is 22.2. The van der Waals surface area contributed by atoms with Crippen molar-refractivity contribution in [3.63, 3.8) is 0 Å². The van der Waals surface area contributed by atoms with Crippen LogP contribution in [0.25, 0.3) is 5.70 Å². The number of benzene rings is 1. The van der Waals surface area contributed by atoms with E-state index in [1.807, 2.05) is 33.8 Å². The molecule has 1 N–H and O–H groups in total. The number of nitrogens with zero attached hydrogens (tertiary/aromatic N) is 3. The van der Waals surface area contributed by atoms with Crippen LogP contribution in [0.4, 0.5) is 0 Å². The monoisotopic (exact) mass is 536 g/mol. The largest absolute Gasteiger partial charge is 0.359 e. The third-order valence-corrected chi connectivity index (χ3v) is 5.61. The van der Waals surface area contributed by atoms with Crippen LogP contribution in [0.15, 0.2) is 40.5 Å². The van der Waals surface area contributed by atoms with Crippen molar-refractivity contribution in [1.82, 2.24) is 20.1 Å². The molecule has 1 amide bonds. The first kappa shape index (κ1) is 36.1. The fourth-order valence-electron chi connectivity index (χ4n) is 3.04. The first-order valence-electron chi connectivity index (χ1n) is 13.1. The van der Waals surface area contributed by atoms with Crippen molar-refractivity contribution in [3.8, 4) is 0 Å². The van der Waals surface area contributed by atoms with Crippen LogP contribution in [0, 0.1) is 13.8 Å². The van der Waals surface area contributed by atoms with Crippen molar-refractivity contribution in [2.45, 2.75) is 106 Å². The third-order valence-electron chi connectivity index (χ3n) is 4.35. The zero-order chi connectivity index (χ0) is 28.1. The minimum Gasteiger partial charge on any atom is -0.359 e. The number of nitrogens with one attached hydrogen (secondary N) is 1. The summed E-state index contributed by atoms with van der Waals surface area (Å²) in [5, 5.41) is 12.9. The maximum Gasteiger partial charge on any atom is 0.216 e. The molecule has 1 aliphatic carbocycles. The Morgan fingerprint density at radius 1 is 1.06 bits per heavy atom. The summed E-state index contributed by atoms with van der Waals surface area (Å²) in [5.74, 6) is 1.89. The van der Waals surface area contributed by atoms with Gasteiger partial charge in [0.05, 0.1) is 0 Å². The van der Waals surface area contributed by atoms with Crippen molar-refractivity contribution in [2.75, 3.05) is 7.05 Å². The minimum absolute atomic E-state index is 0.00463. The highest BCUT2D eigenvalue weighted by molar-refractivity contribution is 7.98. The molecule has 7 heteroatoms. The molecule has 0 saturated heterocycles. The van der Waals surface area contributed by atoms with E-state index in [9.17, 15) is 4.79 Å². The molecule has 1 heterocycles. The van der Waals surface area contributed by atoms with Gasteiger partial charge in [0.15, 0.2) is 5.16 Å². The Kier molecular flexibility index (Phi) is 22.2. The van der Waals surface area contributed by atoms with E-state index in [2.05, 4.69) is 79.0 Å². The van der Waals surface area contributed by atoms with E-state index < -0.39 is 0 Å². The summed E-state index contributed by atoms with van der Waals surface area (Å²) < 4.78 is 2.18. The zero-order valence-corrected chi connectivity index (χ0v) is 26.0. The second-order valence-electron chi connectivity index (χ2n) is 7.65. The number of thioether (sulfide) groups is 1. The van der Waals surface area contributed by atoms with Crippen LogP contribution >= 0.6 is 23.4 Å². The van der Waals surface area contributed by atoms with Gasteiger partial charge in [0, 0.05) is 36.9 Å². The van der Waals surface area contributed by atoms with E-state index in [1.54, 1.807) is 18.8 Å². The van der Waals surface area contributed by atoms with E-state index in [0.29, 0.717) is 0 Å². The zero-order valence-electron chi connectivity index (χ0n) is 24.5. The van der Waals surface area contributed by atoms with Gasteiger partial charge in [0.25, 0.3) is 0 Å². The SMILES string of the molecule is CC.CC.CCC.CCc1nnc(SCc2cc(C)cc(C)c2)n1C1=CC(Cl)=CCC1.CNC(C)=O. The first-order chi connectivity index (χ1) is 17.2. The quantitative estimate of drug-likeness (QED) is 0.388. The highest BCUT2D eigenvalue weighted by Crippen LogP contribution is 2.30. The first-order valence-corrected chi connectivity index (χ1v) is 14.5. The molecular weight excluding hydrogens is 488 g/mol. The lowest BCUT2D eigenvalue weighted by atomic mass is 10.1. The van der Waals surface area contributed by atoms with Crippen molar-refractivity contribution in [3.05, 3.63) is 57.9 Å². The number of rotatable bonds is 5. The number of amides is 1. The third kappa shape index (κ3) is 14.5. The molecule has 0 aliphatic heterocycles. The Morgan fingerprint density at radius 2 is 1.58 bits per heavy atom. The standard InChI is InChI=1S/C19H22ClN3S.C3H7NO.C3H8.2C2H6/c1-4-18-21-22-19(23(18)17-7-5-6-16(20)11-17)24-12-15-9-13(2)8-14(3)10-15;1-3(5)4-2;1-3-2;2*1-2/h6,8-11H,4-5,7,12H2,1-3H3;1-2H3,(H,4,5);3H2,1-2H3;2*1-2H3. The number of carbonyl (C=O) groups is 1. The molecule has 1 aromatic heterocycles. The molecule has 1 aromatic carbocycles. The molecule has 1 aliphatic rings. The summed E-state index contributed by atoms with van der Waals surface area (Å²) in [6, 6.07) is 6.68. The normalized spacial score (nSPS) is 11.4. The topological polar surface area (TPSA) is 59.8 Å². The Balaban J connectivity index is 0. The van der Waals surface area contributed by atoms with Crippen LogP contribution in [0.3, 0.4) is 0 Å².